The quantitative estimate of drug-likeness (QED) is 0.690. The van der Waals surface area contributed by atoms with Crippen LogP contribution in [-0.4, -0.2) is 50.7 Å². The number of hydrogen-bond acceptors (Lipinski definition) is 4. The Morgan fingerprint density at radius 2 is 1.71 bits per heavy atom. The molecule has 1 fully saturated rings. The number of amides is 2. The second-order valence-electron chi connectivity index (χ2n) is 7.78. The van der Waals surface area contributed by atoms with Crippen LogP contribution in [0.5, 0.6) is 0 Å². The molecular formula is C23H27N3O4S. The van der Waals surface area contributed by atoms with Crippen LogP contribution in [0, 0.1) is 0 Å². The lowest BCUT2D eigenvalue weighted by atomic mass is 10.1. The average Bonchev–Trinajstić information content (AvgIpc) is 3.39. The van der Waals surface area contributed by atoms with Gasteiger partial charge < -0.3 is 9.80 Å². The van der Waals surface area contributed by atoms with E-state index in [2.05, 4.69) is 0 Å². The van der Waals surface area contributed by atoms with Gasteiger partial charge in [0.05, 0.1) is 4.90 Å². The molecule has 164 valence electrons. The molecule has 0 atom stereocenters. The van der Waals surface area contributed by atoms with Crippen LogP contribution in [0.2, 0.25) is 0 Å². The van der Waals surface area contributed by atoms with E-state index in [1.807, 2.05) is 26.0 Å². The predicted octanol–water partition coefficient (Wildman–Crippen LogP) is 3.05. The molecule has 0 spiro atoms. The smallest absolute Gasteiger partial charge is 0.258 e. The van der Waals surface area contributed by atoms with E-state index in [9.17, 15) is 18.0 Å². The summed E-state index contributed by atoms with van der Waals surface area (Å²) in [4.78, 5) is 28.7. The van der Waals surface area contributed by atoms with Crippen LogP contribution < -0.4 is 9.80 Å². The van der Waals surface area contributed by atoms with E-state index in [-0.39, 0.29) is 16.7 Å². The largest absolute Gasteiger partial charge is 0.312 e. The minimum atomic E-state index is -3.53. The maximum Gasteiger partial charge on any atom is 0.258 e. The number of benzene rings is 2. The zero-order chi connectivity index (χ0) is 22.2. The summed E-state index contributed by atoms with van der Waals surface area (Å²) < 4.78 is 27.1. The second kappa shape index (κ2) is 8.43. The number of anilines is 2. The summed E-state index contributed by atoms with van der Waals surface area (Å²) in [6, 6.07) is 12.1. The SMILES string of the molecule is CCN(CC)S(=O)(=O)c1ccc2c(c1)CCN2C(=O)c1ccc(N2CCCC2=O)cc1. The number of sulfonamides is 1. The van der Waals surface area contributed by atoms with Crippen LogP contribution in [0.25, 0.3) is 0 Å². The average molecular weight is 442 g/mol. The Hall–Kier alpha value is -2.71. The van der Waals surface area contributed by atoms with E-state index < -0.39 is 10.0 Å². The van der Waals surface area contributed by atoms with Crippen molar-refractivity contribution in [1.82, 2.24) is 4.31 Å². The van der Waals surface area contributed by atoms with Crippen LogP contribution in [0.3, 0.4) is 0 Å². The van der Waals surface area contributed by atoms with Crippen molar-refractivity contribution in [2.45, 2.75) is 38.0 Å². The molecule has 0 saturated carbocycles. The van der Waals surface area contributed by atoms with Crippen LogP contribution >= 0.6 is 0 Å². The molecule has 2 amide bonds. The summed E-state index contributed by atoms with van der Waals surface area (Å²) in [5.41, 5.74) is 2.97. The maximum absolute atomic E-state index is 13.1. The topological polar surface area (TPSA) is 78.0 Å². The molecule has 2 aromatic carbocycles. The molecule has 31 heavy (non-hydrogen) atoms. The Morgan fingerprint density at radius 1 is 1.00 bits per heavy atom. The van der Waals surface area contributed by atoms with Gasteiger partial charge in [0.15, 0.2) is 0 Å². The summed E-state index contributed by atoms with van der Waals surface area (Å²) in [7, 11) is -3.53. The minimum absolute atomic E-state index is 0.114. The third-order valence-corrected chi connectivity index (χ3v) is 8.08. The predicted molar refractivity (Wildman–Crippen MR) is 120 cm³/mol. The van der Waals surface area contributed by atoms with Crippen LogP contribution in [0.4, 0.5) is 11.4 Å². The van der Waals surface area contributed by atoms with Gasteiger partial charge in [0.25, 0.3) is 5.91 Å². The van der Waals surface area contributed by atoms with E-state index in [0.29, 0.717) is 44.6 Å². The third kappa shape index (κ3) is 3.85. The molecule has 0 N–H and O–H groups in total. The van der Waals surface area contributed by atoms with Gasteiger partial charge in [-0.3, -0.25) is 9.59 Å². The number of carbonyl (C=O) groups is 2. The number of fused-ring (bicyclic) bond motifs is 1. The van der Waals surface area contributed by atoms with Crippen molar-refractivity contribution >= 4 is 33.2 Å². The van der Waals surface area contributed by atoms with E-state index >= 15 is 0 Å². The minimum Gasteiger partial charge on any atom is -0.312 e. The second-order valence-corrected chi connectivity index (χ2v) is 9.72. The molecule has 0 aliphatic carbocycles. The van der Waals surface area contributed by atoms with Gasteiger partial charge in [0.2, 0.25) is 15.9 Å². The summed E-state index contributed by atoms with van der Waals surface area (Å²) in [6.07, 6.45) is 2.04. The molecule has 2 aliphatic rings. The first kappa shape index (κ1) is 21.5. The van der Waals surface area contributed by atoms with Crippen molar-refractivity contribution in [2.24, 2.45) is 0 Å². The number of rotatable bonds is 6. The fraction of sp³-hybridized carbons (Fsp3) is 0.391. The van der Waals surface area contributed by atoms with Crippen molar-refractivity contribution in [1.29, 1.82) is 0 Å². The highest BCUT2D eigenvalue weighted by Crippen LogP contribution is 2.32. The fourth-order valence-electron chi connectivity index (χ4n) is 4.32. The molecule has 2 aromatic rings. The van der Waals surface area contributed by atoms with Crippen LogP contribution in [-0.2, 0) is 21.2 Å². The van der Waals surface area contributed by atoms with Crippen LogP contribution in [0.15, 0.2) is 47.4 Å². The van der Waals surface area contributed by atoms with Gasteiger partial charge in [-0.1, -0.05) is 13.8 Å². The molecule has 2 aliphatic heterocycles. The lowest BCUT2D eigenvalue weighted by Crippen LogP contribution is -2.31. The van der Waals surface area contributed by atoms with Gasteiger partial charge in [-0.15, -0.1) is 0 Å². The highest BCUT2D eigenvalue weighted by atomic mass is 32.2. The fourth-order valence-corrected chi connectivity index (χ4v) is 5.83. The Kier molecular flexibility index (Phi) is 5.85. The molecule has 4 rings (SSSR count). The van der Waals surface area contributed by atoms with Gasteiger partial charge in [-0.05, 0) is 60.9 Å². The van der Waals surface area contributed by atoms with Crippen molar-refractivity contribution in [3.05, 3.63) is 53.6 Å². The molecule has 1 saturated heterocycles. The molecular weight excluding hydrogens is 414 g/mol. The molecule has 7 nitrogen and oxygen atoms in total. The van der Waals surface area contributed by atoms with Gasteiger partial charge in [0.1, 0.15) is 0 Å². The first-order chi connectivity index (χ1) is 14.9. The molecule has 0 bridgehead atoms. The van der Waals surface area contributed by atoms with Crippen molar-refractivity contribution < 1.29 is 18.0 Å². The summed E-state index contributed by atoms with van der Waals surface area (Å²) in [6.45, 7) is 5.69. The van der Waals surface area contributed by atoms with E-state index in [0.717, 1.165) is 23.4 Å². The monoisotopic (exact) mass is 441 g/mol. The Balaban J connectivity index is 1.55. The molecule has 8 heteroatoms. The lowest BCUT2D eigenvalue weighted by molar-refractivity contribution is -0.117. The van der Waals surface area contributed by atoms with Crippen molar-refractivity contribution in [3.8, 4) is 0 Å². The van der Waals surface area contributed by atoms with Gasteiger partial charge in [-0.2, -0.15) is 4.31 Å². The molecule has 0 unspecified atom stereocenters. The van der Waals surface area contributed by atoms with Gasteiger partial charge in [-0.25, -0.2) is 8.42 Å². The number of hydrogen-bond donors (Lipinski definition) is 0. The molecule has 0 radical (unpaired) electrons. The Labute approximate surface area is 183 Å². The highest BCUT2D eigenvalue weighted by Gasteiger charge is 2.29. The van der Waals surface area contributed by atoms with Gasteiger partial charge >= 0.3 is 0 Å². The summed E-state index contributed by atoms with van der Waals surface area (Å²) in [5.74, 6) is -0.0135. The third-order valence-electron chi connectivity index (χ3n) is 6.03. The van der Waals surface area contributed by atoms with E-state index in [4.69, 9.17) is 0 Å². The molecule has 0 aromatic heterocycles. The first-order valence-corrected chi connectivity index (χ1v) is 12.2. The molecule has 2 heterocycles. The van der Waals surface area contributed by atoms with Crippen molar-refractivity contribution in [2.75, 3.05) is 36.0 Å². The van der Waals surface area contributed by atoms with Crippen LogP contribution in [0.1, 0.15) is 42.6 Å². The maximum atomic E-state index is 13.1. The standard InChI is InChI=1S/C23H27N3O4S/c1-3-24(4-2)31(29,30)20-11-12-21-18(16-20)13-15-26(21)23(28)17-7-9-19(10-8-17)25-14-5-6-22(25)27/h7-12,16H,3-6,13-15H2,1-2H3. The number of carbonyl (C=O) groups excluding carboxylic acids is 2. The number of nitrogens with zero attached hydrogens (tertiary/aromatic N) is 3. The van der Waals surface area contributed by atoms with E-state index in [1.165, 1.54) is 4.31 Å². The van der Waals surface area contributed by atoms with Gasteiger partial charge in [0, 0.05) is 49.5 Å². The lowest BCUT2D eigenvalue weighted by Gasteiger charge is -2.21. The zero-order valence-corrected chi connectivity index (χ0v) is 18.7. The zero-order valence-electron chi connectivity index (χ0n) is 17.9. The Morgan fingerprint density at radius 3 is 2.32 bits per heavy atom. The summed E-state index contributed by atoms with van der Waals surface area (Å²) in [5, 5.41) is 0. The van der Waals surface area contributed by atoms with E-state index in [1.54, 1.807) is 40.1 Å². The first-order valence-electron chi connectivity index (χ1n) is 10.7. The Bertz CT molecular complexity index is 1110. The summed E-state index contributed by atoms with van der Waals surface area (Å²) >= 11 is 0. The highest BCUT2D eigenvalue weighted by molar-refractivity contribution is 7.89. The normalized spacial score (nSPS) is 16.3. The van der Waals surface area contributed by atoms with Crippen molar-refractivity contribution in [3.63, 3.8) is 0 Å².